The van der Waals surface area contributed by atoms with Gasteiger partial charge in [0.25, 0.3) is 10.0 Å². The molecule has 0 unspecified atom stereocenters. The minimum atomic E-state index is -3.92. The van der Waals surface area contributed by atoms with Crippen LogP contribution >= 0.6 is 27.3 Å². The molecule has 0 fully saturated rings. The molecule has 0 saturated heterocycles. The van der Waals surface area contributed by atoms with Gasteiger partial charge in [-0.3, -0.25) is 4.72 Å². The van der Waals surface area contributed by atoms with Crippen molar-refractivity contribution in [1.29, 1.82) is 0 Å². The molecule has 2 heterocycles. The molecule has 2 aromatic heterocycles. The molecule has 0 aliphatic heterocycles. The second kappa shape index (κ2) is 6.12. The Morgan fingerprint density at radius 3 is 2.81 bits per heavy atom. The topological polar surface area (TPSA) is 85.4 Å². The minimum absolute atomic E-state index is 0.0440. The molecule has 1 N–H and O–H groups in total. The molecule has 0 bridgehead atoms. The van der Waals surface area contributed by atoms with E-state index in [9.17, 15) is 13.2 Å². The molecule has 112 valence electrons. The Bertz CT molecular complexity index is 786. The zero-order chi connectivity index (χ0) is 15.6. The van der Waals surface area contributed by atoms with Crippen molar-refractivity contribution in [3.05, 3.63) is 38.8 Å². The second-order valence-corrected chi connectivity index (χ2v) is 7.27. The van der Waals surface area contributed by atoms with Gasteiger partial charge < -0.3 is 4.74 Å². The van der Waals surface area contributed by atoms with Gasteiger partial charge >= 0.3 is 5.97 Å². The van der Waals surface area contributed by atoms with Gasteiger partial charge in [0.15, 0.2) is 0 Å². The van der Waals surface area contributed by atoms with Crippen molar-refractivity contribution in [1.82, 2.24) is 4.98 Å². The molecule has 0 radical (unpaired) electrons. The number of aromatic nitrogens is 1. The van der Waals surface area contributed by atoms with E-state index in [2.05, 4.69) is 30.4 Å². The molecule has 2 aromatic rings. The summed E-state index contributed by atoms with van der Waals surface area (Å²) in [7, 11) is -2.71. The van der Waals surface area contributed by atoms with Gasteiger partial charge in [0.2, 0.25) is 0 Å². The lowest BCUT2D eigenvalue weighted by Gasteiger charge is -2.10. The average molecular weight is 391 g/mol. The minimum Gasteiger partial charge on any atom is -0.465 e. The summed E-state index contributed by atoms with van der Waals surface area (Å²) in [6.07, 6.45) is 1.53. The van der Waals surface area contributed by atoms with Crippen molar-refractivity contribution in [2.24, 2.45) is 0 Å². The van der Waals surface area contributed by atoms with Crippen LogP contribution in [0, 0.1) is 6.92 Å². The highest BCUT2D eigenvalue weighted by Gasteiger charge is 2.28. The van der Waals surface area contributed by atoms with E-state index >= 15 is 0 Å². The molecule has 0 amide bonds. The summed E-state index contributed by atoms with van der Waals surface area (Å²) in [6.45, 7) is 1.62. The summed E-state index contributed by atoms with van der Waals surface area (Å²) in [5, 5.41) is 1.60. The molecule has 0 aliphatic carbocycles. The van der Waals surface area contributed by atoms with E-state index in [0.29, 0.717) is 15.9 Å². The van der Waals surface area contributed by atoms with Gasteiger partial charge in [-0.2, -0.15) is 0 Å². The molecule has 6 nitrogen and oxygen atoms in total. The van der Waals surface area contributed by atoms with E-state index < -0.39 is 16.0 Å². The van der Waals surface area contributed by atoms with Crippen LogP contribution in [0.4, 0.5) is 5.69 Å². The molecule has 0 saturated carbocycles. The summed E-state index contributed by atoms with van der Waals surface area (Å²) in [6, 6.07) is 3.17. The highest BCUT2D eigenvalue weighted by Crippen LogP contribution is 2.30. The maximum atomic E-state index is 12.5. The first-order valence-electron chi connectivity index (χ1n) is 5.66. The number of nitrogens with zero attached hydrogens (tertiary/aromatic N) is 1. The molecule has 21 heavy (non-hydrogen) atoms. The van der Waals surface area contributed by atoms with Crippen molar-refractivity contribution in [2.75, 3.05) is 11.8 Å². The van der Waals surface area contributed by atoms with Gasteiger partial charge in [0, 0.05) is 6.20 Å². The van der Waals surface area contributed by atoms with E-state index in [0.717, 1.165) is 11.3 Å². The summed E-state index contributed by atoms with van der Waals surface area (Å²) >= 11 is 4.19. The zero-order valence-electron chi connectivity index (χ0n) is 11.1. The number of methoxy groups -OCH3 is 1. The fourth-order valence-corrected chi connectivity index (χ4v) is 4.91. The monoisotopic (exact) mass is 390 g/mol. The third-order valence-electron chi connectivity index (χ3n) is 2.56. The number of rotatable bonds is 4. The van der Waals surface area contributed by atoms with E-state index in [-0.39, 0.29) is 9.77 Å². The van der Waals surface area contributed by atoms with Crippen LogP contribution in [0.2, 0.25) is 0 Å². The third kappa shape index (κ3) is 3.25. The summed E-state index contributed by atoms with van der Waals surface area (Å²) < 4.78 is 32.4. The maximum Gasteiger partial charge on any atom is 0.349 e. The molecule has 0 aliphatic rings. The number of ether oxygens (including phenoxy) is 1. The first-order valence-corrected chi connectivity index (χ1v) is 8.82. The van der Waals surface area contributed by atoms with Crippen LogP contribution in [0.5, 0.6) is 0 Å². The van der Waals surface area contributed by atoms with Crippen LogP contribution in [0.25, 0.3) is 0 Å². The SMILES string of the molecule is COC(=O)c1scc(C)c1S(=O)(=O)Nc1cccnc1Br. The first-order chi connectivity index (χ1) is 9.86. The van der Waals surface area contributed by atoms with E-state index in [4.69, 9.17) is 0 Å². The molecule has 9 heteroatoms. The highest BCUT2D eigenvalue weighted by atomic mass is 79.9. The van der Waals surface area contributed by atoms with Crippen LogP contribution in [0.3, 0.4) is 0 Å². The van der Waals surface area contributed by atoms with Gasteiger partial charge in [-0.25, -0.2) is 18.2 Å². The summed E-state index contributed by atoms with van der Waals surface area (Å²) in [5.74, 6) is -0.682. The Morgan fingerprint density at radius 2 is 2.19 bits per heavy atom. The lowest BCUT2D eigenvalue weighted by atomic mass is 10.3. The molecule has 0 aromatic carbocycles. The lowest BCUT2D eigenvalue weighted by Crippen LogP contribution is -2.17. The van der Waals surface area contributed by atoms with Crippen LogP contribution in [-0.2, 0) is 14.8 Å². The number of aryl methyl sites for hydroxylation is 1. The normalized spacial score (nSPS) is 11.2. The number of hydrogen-bond donors (Lipinski definition) is 1. The van der Waals surface area contributed by atoms with Crippen molar-refractivity contribution in [3.63, 3.8) is 0 Å². The first kappa shape index (κ1) is 15.9. The molecule has 0 atom stereocenters. The zero-order valence-corrected chi connectivity index (χ0v) is 14.3. The van der Waals surface area contributed by atoms with Crippen LogP contribution in [0.15, 0.2) is 33.2 Å². The van der Waals surface area contributed by atoms with Crippen LogP contribution in [-0.4, -0.2) is 26.5 Å². The molecular formula is C12H11BrN2O4S2. The number of nitrogens with one attached hydrogen (secondary N) is 1. The molecule has 2 rings (SSSR count). The van der Waals surface area contributed by atoms with Gasteiger partial charge in [-0.05, 0) is 45.9 Å². The molecular weight excluding hydrogens is 380 g/mol. The van der Waals surface area contributed by atoms with Gasteiger partial charge in [0.05, 0.1) is 12.8 Å². The fourth-order valence-electron chi connectivity index (χ4n) is 1.66. The fraction of sp³-hybridized carbons (Fsp3) is 0.167. The summed E-state index contributed by atoms with van der Waals surface area (Å²) in [5.41, 5.74) is 0.770. The molecule has 0 spiro atoms. The Labute approximate surface area is 134 Å². The third-order valence-corrected chi connectivity index (χ3v) is 5.95. The Balaban J connectivity index is 2.48. The number of pyridine rings is 1. The average Bonchev–Trinajstić information content (AvgIpc) is 2.83. The van der Waals surface area contributed by atoms with Crippen molar-refractivity contribution in [2.45, 2.75) is 11.8 Å². The van der Waals surface area contributed by atoms with Gasteiger partial charge in [-0.15, -0.1) is 11.3 Å². The Morgan fingerprint density at radius 1 is 1.48 bits per heavy atom. The van der Waals surface area contributed by atoms with Gasteiger partial charge in [0.1, 0.15) is 14.4 Å². The quantitative estimate of drug-likeness (QED) is 0.640. The van der Waals surface area contributed by atoms with E-state index in [1.165, 1.54) is 13.3 Å². The predicted octanol–water partition coefficient (Wildman–Crippen LogP) is 2.80. The van der Waals surface area contributed by atoms with Crippen LogP contribution in [0.1, 0.15) is 15.2 Å². The van der Waals surface area contributed by atoms with E-state index in [1.807, 2.05) is 0 Å². The predicted molar refractivity (Wildman–Crippen MR) is 83.1 cm³/mol. The van der Waals surface area contributed by atoms with Crippen LogP contribution < -0.4 is 4.72 Å². The highest BCUT2D eigenvalue weighted by molar-refractivity contribution is 9.10. The number of thiophene rings is 1. The van der Waals surface area contributed by atoms with Gasteiger partial charge in [-0.1, -0.05) is 0 Å². The smallest absolute Gasteiger partial charge is 0.349 e. The maximum absolute atomic E-state index is 12.5. The Hall–Kier alpha value is -1.45. The van der Waals surface area contributed by atoms with Crippen molar-refractivity contribution < 1.29 is 17.9 Å². The standard InChI is InChI=1S/C12H11BrN2O4S2/c1-7-6-20-9(12(16)19-2)10(7)21(17,18)15-8-4-3-5-14-11(8)13/h3-6,15H,1-2H3. The lowest BCUT2D eigenvalue weighted by molar-refractivity contribution is 0.0602. The van der Waals surface area contributed by atoms with Crippen molar-refractivity contribution in [3.8, 4) is 0 Å². The number of sulfonamides is 1. The Kier molecular flexibility index (Phi) is 4.64. The summed E-state index contributed by atoms with van der Waals surface area (Å²) in [4.78, 5) is 15.6. The van der Waals surface area contributed by atoms with Crippen molar-refractivity contribution >= 4 is 48.9 Å². The second-order valence-electron chi connectivity index (χ2n) is 4.02. The number of anilines is 1. The number of carbonyl (C=O) groups is 1. The number of halogens is 1. The largest absolute Gasteiger partial charge is 0.465 e. The number of hydrogen-bond acceptors (Lipinski definition) is 6. The number of carbonyl (C=O) groups excluding carboxylic acids is 1. The number of esters is 1. The van der Waals surface area contributed by atoms with E-state index in [1.54, 1.807) is 24.4 Å².